The van der Waals surface area contributed by atoms with Crippen molar-refractivity contribution < 1.29 is 18.9 Å². The van der Waals surface area contributed by atoms with Crippen molar-refractivity contribution in [2.45, 2.75) is 26.2 Å². The monoisotopic (exact) mass is 490 g/mol. The SMILES string of the molecule is C=C(OCCOCCOCCOC)/C(C#N)=C(\C=C/C)c1ccc2cc(N3CCCCC3)ccc2c1. The van der Waals surface area contributed by atoms with E-state index in [0.29, 0.717) is 51.0 Å². The first-order chi connectivity index (χ1) is 17.7. The Hall–Kier alpha value is -3.11. The molecule has 2 aromatic carbocycles. The maximum absolute atomic E-state index is 9.95. The number of benzene rings is 2. The fourth-order valence-corrected chi connectivity index (χ4v) is 4.27. The standard InChI is InChI=1S/C30H38N2O4/c1-4-8-29(30(23-31)24(2)36-20-19-35-18-17-34-16-15-33-3)27-10-9-26-22-28(12-11-25(26)21-27)32-13-6-5-7-14-32/h4,8-12,21-22H,2,5-7,13-20H2,1,3H3/b8-4-,30-29+. The zero-order chi connectivity index (χ0) is 25.6. The fraction of sp³-hybridized carbons (Fsp3) is 0.433. The van der Waals surface area contributed by atoms with Crippen molar-refractivity contribution in [3.63, 3.8) is 0 Å². The van der Waals surface area contributed by atoms with Crippen molar-refractivity contribution >= 4 is 22.0 Å². The molecular formula is C30H38N2O4. The van der Waals surface area contributed by atoms with Crippen LogP contribution in [0.4, 0.5) is 5.69 Å². The Bertz CT molecular complexity index is 1090. The van der Waals surface area contributed by atoms with E-state index in [1.165, 1.54) is 30.3 Å². The van der Waals surface area contributed by atoms with Gasteiger partial charge in [0.2, 0.25) is 0 Å². The lowest BCUT2D eigenvalue weighted by Gasteiger charge is -2.29. The van der Waals surface area contributed by atoms with Gasteiger partial charge in [0.15, 0.2) is 0 Å². The van der Waals surface area contributed by atoms with Crippen LogP contribution in [-0.4, -0.2) is 59.8 Å². The van der Waals surface area contributed by atoms with Crippen LogP contribution in [0.3, 0.4) is 0 Å². The zero-order valence-corrected chi connectivity index (χ0v) is 21.6. The molecule has 3 rings (SSSR count). The molecule has 0 unspecified atom stereocenters. The van der Waals surface area contributed by atoms with Gasteiger partial charge in [0.1, 0.15) is 24.0 Å². The summed E-state index contributed by atoms with van der Waals surface area (Å²) in [6.45, 7) is 11.0. The molecule has 36 heavy (non-hydrogen) atoms. The predicted molar refractivity (Wildman–Crippen MR) is 146 cm³/mol. The Morgan fingerprint density at radius 3 is 2.31 bits per heavy atom. The topological polar surface area (TPSA) is 64.0 Å². The minimum atomic E-state index is 0.308. The lowest BCUT2D eigenvalue weighted by atomic mass is 9.96. The molecule has 0 spiro atoms. The van der Waals surface area contributed by atoms with E-state index in [-0.39, 0.29) is 0 Å². The molecule has 0 aliphatic carbocycles. The van der Waals surface area contributed by atoms with Gasteiger partial charge in [-0.2, -0.15) is 5.26 Å². The van der Waals surface area contributed by atoms with Crippen LogP contribution in [0.5, 0.6) is 0 Å². The van der Waals surface area contributed by atoms with E-state index in [1.807, 2.05) is 19.1 Å². The smallest absolute Gasteiger partial charge is 0.130 e. The summed E-state index contributed by atoms with van der Waals surface area (Å²) in [6.07, 6.45) is 7.70. The summed E-state index contributed by atoms with van der Waals surface area (Å²) in [5.74, 6) is 0.339. The number of hydrogen-bond acceptors (Lipinski definition) is 6. The summed E-state index contributed by atoms with van der Waals surface area (Å²) in [4.78, 5) is 2.47. The highest BCUT2D eigenvalue weighted by Crippen LogP contribution is 2.30. The summed E-state index contributed by atoms with van der Waals surface area (Å²) in [5, 5.41) is 12.3. The second-order valence-corrected chi connectivity index (χ2v) is 8.68. The van der Waals surface area contributed by atoms with E-state index in [9.17, 15) is 5.26 Å². The fourth-order valence-electron chi connectivity index (χ4n) is 4.27. The normalized spacial score (nSPS) is 14.6. The van der Waals surface area contributed by atoms with Crippen LogP contribution in [0, 0.1) is 11.3 Å². The Kier molecular flexibility index (Phi) is 11.5. The highest BCUT2D eigenvalue weighted by atomic mass is 16.6. The van der Waals surface area contributed by atoms with E-state index in [4.69, 9.17) is 18.9 Å². The van der Waals surface area contributed by atoms with Crippen LogP contribution in [0.1, 0.15) is 31.7 Å². The van der Waals surface area contributed by atoms with Crippen molar-refractivity contribution in [1.29, 1.82) is 5.26 Å². The van der Waals surface area contributed by atoms with Gasteiger partial charge in [0, 0.05) is 31.5 Å². The molecule has 1 aliphatic rings. The first kappa shape index (κ1) is 27.5. The Balaban J connectivity index is 1.67. The summed E-state index contributed by atoms with van der Waals surface area (Å²) in [7, 11) is 1.64. The molecule has 0 N–H and O–H groups in total. The Labute approximate surface area is 215 Å². The summed E-state index contributed by atoms with van der Waals surface area (Å²) >= 11 is 0. The lowest BCUT2D eigenvalue weighted by molar-refractivity contribution is 0.0128. The number of anilines is 1. The third kappa shape index (κ3) is 7.96. The first-order valence-electron chi connectivity index (χ1n) is 12.7. The van der Waals surface area contributed by atoms with Gasteiger partial charge in [-0.05, 0) is 60.7 Å². The zero-order valence-electron chi connectivity index (χ0n) is 21.6. The van der Waals surface area contributed by atoms with Gasteiger partial charge in [-0.25, -0.2) is 0 Å². The Morgan fingerprint density at radius 2 is 1.61 bits per heavy atom. The average Bonchev–Trinajstić information content (AvgIpc) is 2.92. The number of piperidine rings is 1. The molecule has 0 bridgehead atoms. The molecule has 0 atom stereocenters. The van der Waals surface area contributed by atoms with E-state index in [0.717, 1.165) is 29.6 Å². The van der Waals surface area contributed by atoms with Crippen LogP contribution in [0.2, 0.25) is 0 Å². The van der Waals surface area contributed by atoms with Crippen molar-refractivity contribution in [3.05, 3.63) is 72.0 Å². The van der Waals surface area contributed by atoms with Crippen molar-refractivity contribution in [3.8, 4) is 6.07 Å². The average molecular weight is 491 g/mol. The summed E-state index contributed by atoms with van der Waals surface area (Å²) in [6, 6.07) is 15.2. The van der Waals surface area contributed by atoms with E-state index >= 15 is 0 Å². The molecule has 2 aromatic rings. The third-order valence-electron chi connectivity index (χ3n) is 6.16. The first-order valence-corrected chi connectivity index (χ1v) is 12.7. The molecular weight excluding hydrogens is 452 g/mol. The van der Waals surface area contributed by atoms with E-state index in [2.05, 4.69) is 53.9 Å². The number of nitriles is 1. The molecule has 0 amide bonds. The van der Waals surface area contributed by atoms with Crippen LogP contribution in [0.15, 0.2) is 66.5 Å². The molecule has 1 aliphatic heterocycles. The molecule has 0 radical (unpaired) electrons. The second kappa shape index (κ2) is 15.1. The van der Waals surface area contributed by atoms with Gasteiger partial charge in [-0.15, -0.1) is 0 Å². The number of methoxy groups -OCH3 is 1. The van der Waals surface area contributed by atoms with Crippen molar-refractivity contribution in [2.24, 2.45) is 0 Å². The minimum absolute atomic E-state index is 0.308. The second-order valence-electron chi connectivity index (χ2n) is 8.68. The molecule has 1 fully saturated rings. The van der Waals surface area contributed by atoms with Crippen molar-refractivity contribution in [1.82, 2.24) is 0 Å². The predicted octanol–water partition coefficient (Wildman–Crippen LogP) is 5.89. The highest BCUT2D eigenvalue weighted by molar-refractivity contribution is 5.91. The van der Waals surface area contributed by atoms with Gasteiger partial charge >= 0.3 is 0 Å². The number of hydrogen-bond donors (Lipinski definition) is 0. The quantitative estimate of drug-likeness (QED) is 0.142. The van der Waals surface area contributed by atoms with E-state index < -0.39 is 0 Å². The highest BCUT2D eigenvalue weighted by Gasteiger charge is 2.14. The lowest BCUT2D eigenvalue weighted by Crippen LogP contribution is -2.29. The number of allylic oxidation sites excluding steroid dienone is 4. The summed E-state index contributed by atoms with van der Waals surface area (Å²) < 4.78 is 21.6. The van der Waals surface area contributed by atoms with Gasteiger partial charge in [-0.3, -0.25) is 0 Å². The molecule has 0 saturated carbocycles. The van der Waals surface area contributed by atoms with Crippen LogP contribution < -0.4 is 4.90 Å². The van der Waals surface area contributed by atoms with Crippen LogP contribution in [-0.2, 0) is 18.9 Å². The summed E-state index contributed by atoms with van der Waals surface area (Å²) in [5.41, 5.74) is 3.44. The van der Waals surface area contributed by atoms with Crippen LogP contribution in [0.25, 0.3) is 16.3 Å². The van der Waals surface area contributed by atoms with Gasteiger partial charge < -0.3 is 23.8 Å². The minimum Gasteiger partial charge on any atom is -0.490 e. The molecule has 1 saturated heterocycles. The maximum Gasteiger partial charge on any atom is 0.130 e. The maximum atomic E-state index is 9.95. The molecule has 192 valence electrons. The van der Waals surface area contributed by atoms with Gasteiger partial charge in [0.25, 0.3) is 0 Å². The largest absolute Gasteiger partial charge is 0.490 e. The van der Waals surface area contributed by atoms with Crippen molar-refractivity contribution in [2.75, 3.05) is 64.7 Å². The van der Waals surface area contributed by atoms with Gasteiger partial charge in [0.05, 0.1) is 33.0 Å². The molecule has 1 heterocycles. The number of rotatable bonds is 14. The third-order valence-corrected chi connectivity index (χ3v) is 6.16. The van der Waals surface area contributed by atoms with Gasteiger partial charge in [-0.1, -0.05) is 36.9 Å². The Morgan fingerprint density at radius 1 is 0.944 bits per heavy atom. The molecule has 6 heteroatoms. The number of ether oxygens (including phenoxy) is 4. The molecule has 6 nitrogen and oxygen atoms in total. The number of fused-ring (bicyclic) bond motifs is 1. The van der Waals surface area contributed by atoms with Crippen LogP contribution >= 0.6 is 0 Å². The molecule has 0 aromatic heterocycles. The van der Waals surface area contributed by atoms with E-state index in [1.54, 1.807) is 7.11 Å². The number of nitrogens with zero attached hydrogens (tertiary/aromatic N) is 2.